The van der Waals surface area contributed by atoms with Crippen LogP contribution in [0.5, 0.6) is 5.75 Å². The maximum absolute atomic E-state index is 13.2. The van der Waals surface area contributed by atoms with E-state index in [1.807, 2.05) is 62.8 Å². The van der Waals surface area contributed by atoms with Crippen molar-refractivity contribution in [2.24, 2.45) is 0 Å². The van der Waals surface area contributed by atoms with Gasteiger partial charge in [0.2, 0.25) is 5.82 Å². The van der Waals surface area contributed by atoms with Gasteiger partial charge in [-0.25, -0.2) is 15.3 Å². The third-order valence-corrected chi connectivity index (χ3v) is 4.31. The number of allylic oxidation sites excluding steroid dienone is 5. The van der Waals surface area contributed by atoms with Crippen molar-refractivity contribution in [2.45, 2.75) is 6.92 Å². The number of anilines is 2. The fourth-order valence-electron chi connectivity index (χ4n) is 2.76. The zero-order valence-corrected chi connectivity index (χ0v) is 21.8. The molecule has 0 spiro atoms. The zero-order valence-electron chi connectivity index (χ0n) is 21.8. The van der Waals surface area contributed by atoms with Gasteiger partial charge in [0, 0.05) is 26.5 Å². The molecule has 2 heterocycles. The van der Waals surface area contributed by atoms with Crippen LogP contribution in [0.1, 0.15) is 23.1 Å². The highest BCUT2D eigenvalue weighted by atomic mass is 16.5. The molecule has 188 valence electrons. The molecule has 0 radical (unpaired) electrons. The molecule has 0 saturated carbocycles. The lowest BCUT2D eigenvalue weighted by atomic mass is 10.2. The normalized spacial score (nSPS) is 10.7. The molecule has 0 aromatic carbocycles. The van der Waals surface area contributed by atoms with Crippen molar-refractivity contribution in [3.05, 3.63) is 66.9 Å². The third-order valence-electron chi connectivity index (χ3n) is 4.31. The number of methoxy groups -OCH3 is 2. The molecule has 0 aliphatic carbocycles. The number of guanidine groups is 1. The van der Waals surface area contributed by atoms with Crippen molar-refractivity contribution in [1.82, 2.24) is 19.9 Å². The van der Waals surface area contributed by atoms with E-state index in [1.165, 1.54) is 13.3 Å². The van der Waals surface area contributed by atoms with Crippen molar-refractivity contribution in [3.63, 3.8) is 0 Å². The van der Waals surface area contributed by atoms with Gasteiger partial charge in [0.25, 0.3) is 5.91 Å². The first-order chi connectivity index (χ1) is 16.7. The molecule has 1 amide bonds. The van der Waals surface area contributed by atoms with Crippen molar-refractivity contribution >= 4 is 28.9 Å². The predicted octanol–water partition coefficient (Wildman–Crippen LogP) is 3.14. The summed E-state index contributed by atoms with van der Waals surface area (Å²) in [6.07, 6.45) is 11.9. The van der Waals surface area contributed by atoms with Crippen molar-refractivity contribution < 1.29 is 18.8 Å². The Hall–Kier alpha value is -4.05. The summed E-state index contributed by atoms with van der Waals surface area (Å²) >= 11 is 0. The molecule has 10 nitrogen and oxygen atoms in total. The van der Waals surface area contributed by atoms with Gasteiger partial charge in [-0.2, -0.15) is 0 Å². The molecule has 0 atom stereocenters. The van der Waals surface area contributed by atoms with E-state index < -0.39 is 5.91 Å². The van der Waals surface area contributed by atoms with E-state index in [4.69, 9.17) is 4.74 Å². The average Bonchev–Trinajstić information content (AvgIpc) is 2.83. The molecule has 0 aliphatic rings. The quantitative estimate of drug-likeness (QED) is 0.268. The molecule has 0 saturated heterocycles. The lowest BCUT2D eigenvalue weighted by Gasteiger charge is -2.15. The minimum absolute atomic E-state index is 0.134. The molecule has 0 unspecified atom stereocenters. The van der Waals surface area contributed by atoms with Gasteiger partial charge in [0.15, 0.2) is 5.69 Å². The smallest absolute Gasteiger partial charge is 0.353 e. The number of hydrogen-bond donors (Lipinski definition) is 2. The maximum Gasteiger partial charge on any atom is 0.353 e. The molecule has 2 aromatic heterocycles. The summed E-state index contributed by atoms with van der Waals surface area (Å²) in [5.41, 5.74) is 1.99. The van der Waals surface area contributed by atoms with Gasteiger partial charge in [-0.05, 0) is 12.5 Å². The first-order valence-corrected chi connectivity index (χ1v) is 10.7. The second-order valence-electron chi connectivity index (χ2n) is 7.60. The van der Waals surface area contributed by atoms with Crippen LogP contribution in [-0.2, 0) is 4.74 Å². The van der Waals surface area contributed by atoms with E-state index in [0.717, 1.165) is 11.5 Å². The maximum atomic E-state index is 13.2. The Labute approximate surface area is 207 Å². The van der Waals surface area contributed by atoms with Crippen molar-refractivity contribution in [3.8, 4) is 5.75 Å². The number of carbonyl (C=O) groups is 1. The number of nitrogens with one attached hydrogen (secondary N) is 2. The number of ether oxygens (including phenoxy) is 2. The summed E-state index contributed by atoms with van der Waals surface area (Å²) in [6.45, 7) is 5.55. The van der Waals surface area contributed by atoms with Crippen LogP contribution in [0.3, 0.4) is 0 Å². The van der Waals surface area contributed by atoms with Gasteiger partial charge in [-0.3, -0.25) is 19.3 Å². The summed E-state index contributed by atoms with van der Waals surface area (Å²) in [5, 5.41) is 6.02. The fraction of sp³-hybridized carbons (Fsp3) is 0.320. The SMILES string of the molecule is C=C/C=C\C=C(/C)c1cnc(NC(N(C)C)=[N+](C)C)c(C(=O)Nc2cnccc2OC)n1.COC. The molecule has 2 aromatic rings. The second kappa shape index (κ2) is 15.0. The van der Waals surface area contributed by atoms with Crippen LogP contribution in [0, 0.1) is 0 Å². The number of nitrogens with zero attached hydrogens (tertiary/aromatic N) is 5. The van der Waals surface area contributed by atoms with E-state index in [2.05, 4.69) is 36.9 Å². The Balaban J connectivity index is 0.00000194. The minimum atomic E-state index is -0.445. The highest BCUT2D eigenvalue weighted by Crippen LogP contribution is 2.24. The Kier molecular flexibility index (Phi) is 12.4. The van der Waals surface area contributed by atoms with Crippen LogP contribution in [0.4, 0.5) is 11.5 Å². The van der Waals surface area contributed by atoms with E-state index in [1.54, 1.807) is 38.8 Å². The molecule has 35 heavy (non-hydrogen) atoms. The van der Waals surface area contributed by atoms with E-state index >= 15 is 0 Å². The van der Waals surface area contributed by atoms with E-state index in [9.17, 15) is 4.79 Å². The molecule has 0 aliphatic heterocycles. The largest absolute Gasteiger partial charge is 0.494 e. The number of carbonyl (C=O) groups excluding carboxylic acids is 1. The summed E-state index contributed by atoms with van der Waals surface area (Å²) in [5.74, 6) is 1.10. The standard InChI is InChI=1S/C23H29N7O2.C2H6O/c1-8-9-10-11-16(2)17-15-25-21(28-23(29(3)4)30(5)6)20(26-17)22(31)27-18-14-24-13-12-19(18)32-7;1-3-2/h8-15H,1H2,2-7H3,(H,27,31);1-2H3/p+1/b10-9-,16-11+;. The first-order valence-electron chi connectivity index (χ1n) is 10.7. The molecule has 10 heteroatoms. The van der Waals surface area contributed by atoms with Crippen molar-refractivity contribution in [2.75, 3.05) is 60.2 Å². The number of amides is 1. The Bertz CT molecular complexity index is 1090. The average molecular weight is 483 g/mol. The highest BCUT2D eigenvalue weighted by Gasteiger charge is 2.23. The molecule has 0 bridgehead atoms. The van der Waals surface area contributed by atoms with Crippen LogP contribution in [0.25, 0.3) is 5.57 Å². The fourth-order valence-corrected chi connectivity index (χ4v) is 2.76. The monoisotopic (exact) mass is 482 g/mol. The molecular weight excluding hydrogens is 446 g/mol. The molecule has 2 N–H and O–H groups in total. The Morgan fingerprint density at radius 1 is 1.14 bits per heavy atom. The predicted molar refractivity (Wildman–Crippen MR) is 141 cm³/mol. The Morgan fingerprint density at radius 3 is 2.40 bits per heavy atom. The Morgan fingerprint density at radius 2 is 1.83 bits per heavy atom. The van der Waals surface area contributed by atoms with E-state index in [0.29, 0.717) is 22.9 Å². The zero-order chi connectivity index (χ0) is 26.4. The van der Waals surface area contributed by atoms with Gasteiger partial charge < -0.3 is 14.8 Å². The van der Waals surface area contributed by atoms with Crippen molar-refractivity contribution in [1.29, 1.82) is 0 Å². The topological polar surface area (TPSA) is 105 Å². The van der Waals surface area contributed by atoms with Gasteiger partial charge in [-0.1, -0.05) is 30.9 Å². The van der Waals surface area contributed by atoms with Gasteiger partial charge >= 0.3 is 5.96 Å². The molecular formula is C25H36N7O3+. The summed E-state index contributed by atoms with van der Waals surface area (Å²) < 4.78 is 11.4. The third kappa shape index (κ3) is 9.01. The second-order valence-corrected chi connectivity index (χ2v) is 7.60. The lowest BCUT2D eigenvalue weighted by Crippen LogP contribution is -2.37. The summed E-state index contributed by atoms with van der Waals surface area (Å²) in [4.78, 5) is 28.3. The van der Waals surface area contributed by atoms with Crippen LogP contribution >= 0.6 is 0 Å². The lowest BCUT2D eigenvalue weighted by molar-refractivity contribution is -0.469. The van der Waals surface area contributed by atoms with E-state index in [-0.39, 0.29) is 5.69 Å². The molecule has 0 fully saturated rings. The number of aromatic nitrogens is 3. The van der Waals surface area contributed by atoms with Gasteiger partial charge in [0.05, 0.1) is 53.4 Å². The minimum Gasteiger partial charge on any atom is -0.494 e. The van der Waals surface area contributed by atoms with Gasteiger partial charge in [0.1, 0.15) is 11.4 Å². The number of hydrogen-bond acceptors (Lipinski definition) is 6. The number of rotatable bonds is 7. The molecule has 2 rings (SSSR count). The van der Waals surface area contributed by atoms with Crippen LogP contribution in [0.15, 0.2) is 55.5 Å². The summed E-state index contributed by atoms with van der Waals surface area (Å²) in [6, 6.07) is 1.67. The summed E-state index contributed by atoms with van der Waals surface area (Å²) in [7, 11) is 12.3. The van der Waals surface area contributed by atoms with Crippen LogP contribution in [-0.4, -0.2) is 85.8 Å². The van der Waals surface area contributed by atoms with Gasteiger partial charge in [-0.15, -0.1) is 0 Å². The highest BCUT2D eigenvalue weighted by molar-refractivity contribution is 6.08. The number of pyridine rings is 1. The van der Waals surface area contributed by atoms with Crippen LogP contribution in [0.2, 0.25) is 0 Å². The van der Waals surface area contributed by atoms with Crippen LogP contribution < -0.4 is 15.4 Å². The first kappa shape index (κ1) is 29.0.